The van der Waals surface area contributed by atoms with Crippen molar-refractivity contribution in [2.45, 2.75) is 104 Å². The molecule has 0 aliphatic carbocycles. The maximum Gasteiger partial charge on any atom is 0.250 e. The molecule has 0 aromatic rings. The first-order valence-corrected chi connectivity index (χ1v) is 12.7. The molecule has 3 fully saturated rings. The molecule has 1 unspecified atom stereocenters. The summed E-state index contributed by atoms with van der Waals surface area (Å²) in [5.74, 6) is -2.52. The number of piperidine rings is 2. The second kappa shape index (κ2) is 9.37. The van der Waals surface area contributed by atoms with E-state index in [0.29, 0.717) is 19.1 Å². The smallest absolute Gasteiger partial charge is 0.250 e. The van der Waals surface area contributed by atoms with E-state index in [1.54, 1.807) is 0 Å². The molecule has 3 heterocycles. The normalized spacial score (nSPS) is 29.5. The highest BCUT2D eigenvalue weighted by Crippen LogP contribution is 2.40. The van der Waals surface area contributed by atoms with Gasteiger partial charge >= 0.3 is 0 Å². The average molecular weight is 459 g/mol. The molecular formula is C25H48F2N4O. The lowest BCUT2D eigenvalue weighted by atomic mass is 9.79. The van der Waals surface area contributed by atoms with Crippen LogP contribution in [0.3, 0.4) is 0 Å². The molecule has 0 bridgehead atoms. The zero-order valence-corrected chi connectivity index (χ0v) is 21.9. The van der Waals surface area contributed by atoms with Crippen LogP contribution in [-0.2, 0) is 4.74 Å². The topological polar surface area (TPSA) is 22.2 Å². The number of halogens is 2. The van der Waals surface area contributed by atoms with Crippen LogP contribution in [0.2, 0.25) is 0 Å². The van der Waals surface area contributed by atoms with Crippen molar-refractivity contribution in [1.29, 1.82) is 0 Å². The molecule has 3 aliphatic heterocycles. The van der Waals surface area contributed by atoms with Crippen LogP contribution in [-0.4, -0.2) is 101 Å². The number of nitrogens with zero attached hydrogens (tertiary/aromatic N) is 4. The molecule has 0 saturated carbocycles. The van der Waals surface area contributed by atoms with E-state index in [1.807, 2.05) is 0 Å². The Kier molecular flexibility index (Phi) is 7.69. The Morgan fingerprint density at radius 3 is 1.88 bits per heavy atom. The first-order valence-electron chi connectivity index (χ1n) is 12.7. The van der Waals surface area contributed by atoms with Gasteiger partial charge in [-0.25, -0.2) is 8.78 Å². The fraction of sp³-hybridized carbons (Fsp3) is 1.00. The van der Waals surface area contributed by atoms with Crippen LogP contribution in [0.5, 0.6) is 0 Å². The highest BCUT2D eigenvalue weighted by molar-refractivity contribution is 4.96. The van der Waals surface area contributed by atoms with Crippen LogP contribution in [0.25, 0.3) is 0 Å². The van der Waals surface area contributed by atoms with Crippen molar-refractivity contribution >= 4 is 0 Å². The van der Waals surface area contributed by atoms with Crippen molar-refractivity contribution in [3.63, 3.8) is 0 Å². The van der Waals surface area contributed by atoms with Gasteiger partial charge in [0.1, 0.15) is 5.72 Å². The average Bonchev–Trinajstić information content (AvgIpc) is 2.69. The zero-order chi connectivity index (χ0) is 23.9. The second-order valence-corrected chi connectivity index (χ2v) is 12.2. The fourth-order valence-corrected chi connectivity index (χ4v) is 5.80. The lowest BCUT2D eigenvalue weighted by Gasteiger charge is -2.56. The summed E-state index contributed by atoms with van der Waals surface area (Å²) in [5, 5.41) is 0. The number of alkyl halides is 2. The molecule has 3 saturated heterocycles. The van der Waals surface area contributed by atoms with Gasteiger partial charge in [0.15, 0.2) is 0 Å². The minimum absolute atomic E-state index is 0.00767. The predicted molar refractivity (Wildman–Crippen MR) is 127 cm³/mol. The van der Waals surface area contributed by atoms with E-state index >= 15 is 0 Å². The number of ether oxygens (including phenoxy) is 1. The Balaban J connectivity index is 1.59. The van der Waals surface area contributed by atoms with Crippen LogP contribution >= 0.6 is 0 Å². The Morgan fingerprint density at radius 2 is 1.38 bits per heavy atom. The van der Waals surface area contributed by atoms with Crippen molar-refractivity contribution in [3.05, 3.63) is 0 Å². The van der Waals surface area contributed by atoms with Crippen molar-refractivity contribution in [2.75, 3.05) is 52.4 Å². The van der Waals surface area contributed by atoms with Gasteiger partial charge in [-0.3, -0.25) is 19.6 Å². The molecule has 0 amide bonds. The first kappa shape index (κ1) is 26.3. The Labute approximate surface area is 195 Å². The van der Waals surface area contributed by atoms with Gasteiger partial charge in [0.2, 0.25) is 0 Å². The van der Waals surface area contributed by atoms with Crippen molar-refractivity contribution in [3.8, 4) is 0 Å². The molecule has 3 aliphatic rings. The van der Waals surface area contributed by atoms with Crippen molar-refractivity contribution in [2.24, 2.45) is 5.41 Å². The fourth-order valence-electron chi connectivity index (χ4n) is 5.80. The molecule has 32 heavy (non-hydrogen) atoms. The summed E-state index contributed by atoms with van der Waals surface area (Å²) in [6.07, 6.45) is 0.944. The number of piperazine rings is 1. The standard InChI is InChI=1S/C25H48F2N4O/c1-20(2)28-15-17-29(18-16-28)23(5,6)31-12-9-21(22(3,4)19-31)32-24(7,8)30-13-10-25(26,27)11-14-30/h20-21H,9-19H2,1-8H3. The Morgan fingerprint density at radius 1 is 0.812 bits per heavy atom. The lowest BCUT2D eigenvalue weighted by molar-refractivity contribution is -0.227. The number of hydrogen-bond acceptors (Lipinski definition) is 5. The maximum atomic E-state index is 13.6. The molecular weight excluding hydrogens is 410 g/mol. The van der Waals surface area contributed by atoms with E-state index in [0.717, 1.165) is 45.7 Å². The van der Waals surface area contributed by atoms with E-state index < -0.39 is 11.6 Å². The minimum Gasteiger partial charge on any atom is -0.357 e. The number of hydrogen-bond donors (Lipinski definition) is 0. The summed E-state index contributed by atoms with van der Waals surface area (Å²) in [5.41, 5.74) is -0.519. The van der Waals surface area contributed by atoms with Gasteiger partial charge in [-0.05, 0) is 48.0 Å². The Bertz CT molecular complexity index is 619. The molecule has 188 valence electrons. The van der Waals surface area contributed by atoms with Crippen LogP contribution in [0.15, 0.2) is 0 Å². The van der Waals surface area contributed by atoms with Crippen molar-refractivity contribution < 1.29 is 13.5 Å². The zero-order valence-electron chi connectivity index (χ0n) is 21.9. The summed E-state index contributed by atoms with van der Waals surface area (Å²) >= 11 is 0. The minimum atomic E-state index is -2.52. The van der Waals surface area contributed by atoms with E-state index in [-0.39, 0.29) is 30.0 Å². The van der Waals surface area contributed by atoms with Gasteiger partial charge in [0, 0.05) is 76.7 Å². The van der Waals surface area contributed by atoms with E-state index in [9.17, 15) is 8.78 Å². The van der Waals surface area contributed by atoms with E-state index in [1.165, 1.54) is 0 Å². The maximum absolute atomic E-state index is 13.6. The highest BCUT2D eigenvalue weighted by atomic mass is 19.3. The monoisotopic (exact) mass is 458 g/mol. The molecule has 7 heteroatoms. The van der Waals surface area contributed by atoms with Crippen LogP contribution < -0.4 is 0 Å². The number of rotatable bonds is 6. The second-order valence-electron chi connectivity index (χ2n) is 12.2. The molecule has 5 nitrogen and oxygen atoms in total. The predicted octanol–water partition coefficient (Wildman–Crippen LogP) is 4.33. The first-order chi connectivity index (χ1) is 14.6. The van der Waals surface area contributed by atoms with Gasteiger partial charge in [0.25, 0.3) is 5.92 Å². The van der Waals surface area contributed by atoms with E-state index in [4.69, 9.17) is 4.74 Å². The largest absolute Gasteiger partial charge is 0.357 e. The van der Waals surface area contributed by atoms with Gasteiger partial charge in [-0.1, -0.05) is 13.8 Å². The summed E-state index contributed by atoms with van der Waals surface area (Å²) < 4.78 is 34.0. The van der Waals surface area contributed by atoms with Gasteiger partial charge in [0.05, 0.1) is 11.8 Å². The molecule has 0 N–H and O–H groups in total. The number of likely N-dealkylation sites (tertiary alicyclic amines) is 2. The molecule has 3 rings (SSSR count). The highest BCUT2D eigenvalue weighted by Gasteiger charge is 2.47. The van der Waals surface area contributed by atoms with Crippen molar-refractivity contribution in [1.82, 2.24) is 19.6 Å². The SMILES string of the molecule is CC(C)N1CCN(C(C)(C)N2CCC(OC(C)(C)N3CCC(F)(F)CC3)C(C)(C)C2)CC1. The van der Waals surface area contributed by atoms with E-state index in [2.05, 4.69) is 75.0 Å². The molecule has 1 atom stereocenters. The summed E-state index contributed by atoms with van der Waals surface area (Å²) in [6, 6.07) is 0.613. The summed E-state index contributed by atoms with van der Waals surface area (Å²) in [6.45, 7) is 25.3. The molecule has 0 radical (unpaired) electrons. The van der Waals surface area contributed by atoms with Gasteiger partial charge < -0.3 is 4.74 Å². The quantitative estimate of drug-likeness (QED) is 0.589. The third kappa shape index (κ3) is 5.83. The molecule has 0 spiro atoms. The van der Waals surface area contributed by atoms with Gasteiger partial charge in [-0.15, -0.1) is 0 Å². The summed E-state index contributed by atoms with van der Waals surface area (Å²) in [7, 11) is 0. The lowest BCUT2D eigenvalue weighted by Crippen LogP contribution is -2.66. The molecule has 0 aromatic carbocycles. The third-order valence-corrected chi connectivity index (χ3v) is 8.41. The van der Waals surface area contributed by atoms with Crippen LogP contribution in [0, 0.1) is 5.41 Å². The van der Waals surface area contributed by atoms with Crippen LogP contribution in [0.1, 0.15) is 74.7 Å². The molecule has 0 aromatic heterocycles. The summed E-state index contributed by atoms with van der Waals surface area (Å²) in [4.78, 5) is 9.94. The third-order valence-electron chi connectivity index (χ3n) is 8.41. The van der Waals surface area contributed by atoms with Gasteiger partial charge in [-0.2, -0.15) is 0 Å². The Hall–Kier alpha value is -0.340. The van der Waals surface area contributed by atoms with Crippen LogP contribution in [0.4, 0.5) is 8.78 Å².